The molecule has 2 rings (SSSR count). The average Bonchev–Trinajstić information content (AvgIpc) is 2.61. The molecule has 142 valence electrons. The number of nitrogens with zero attached hydrogens (tertiary/aromatic N) is 1. The zero-order valence-electron chi connectivity index (χ0n) is 15.3. The summed E-state index contributed by atoms with van der Waals surface area (Å²) in [5.41, 5.74) is 6.93. The molecule has 0 heterocycles. The Kier molecular flexibility index (Phi) is 6.12. The van der Waals surface area contributed by atoms with Crippen LogP contribution in [0.15, 0.2) is 42.5 Å². The molecule has 0 bridgehead atoms. The minimum atomic E-state index is -1.08. The first kappa shape index (κ1) is 19.9. The molecule has 0 aliphatic rings. The number of nitrogens with two attached hydrogens (primary N) is 1. The van der Waals surface area contributed by atoms with Crippen LogP contribution in [0.1, 0.15) is 42.6 Å². The van der Waals surface area contributed by atoms with E-state index in [2.05, 4.69) is 5.32 Å². The predicted octanol–water partition coefficient (Wildman–Crippen LogP) is 3.48. The van der Waals surface area contributed by atoms with Crippen molar-refractivity contribution >= 4 is 28.9 Å². The van der Waals surface area contributed by atoms with E-state index in [1.807, 2.05) is 26.0 Å². The number of rotatable bonds is 6. The van der Waals surface area contributed by atoms with E-state index < -0.39 is 22.9 Å². The standard InChI is InChI=1S/C19H21N3O5/c1-11(2)14-6-4-5-7-17(14)21-18(23)12(3)27-19(24)15-9-8-13(22(25)26)10-16(15)20/h4-12H,20H2,1-3H3,(H,21,23)/t12-/m0/s1. The largest absolute Gasteiger partial charge is 0.449 e. The number of non-ortho nitro benzene ring substituents is 1. The number of hydrogen-bond donors (Lipinski definition) is 2. The zero-order valence-corrected chi connectivity index (χ0v) is 15.3. The number of para-hydroxylation sites is 1. The second kappa shape index (κ2) is 8.31. The van der Waals surface area contributed by atoms with E-state index in [1.54, 1.807) is 12.1 Å². The van der Waals surface area contributed by atoms with Gasteiger partial charge in [0.25, 0.3) is 11.6 Å². The van der Waals surface area contributed by atoms with Crippen molar-refractivity contribution in [2.24, 2.45) is 0 Å². The van der Waals surface area contributed by atoms with Gasteiger partial charge in [0.05, 0.1) is 16.2 Å². The lowest BCUT2D eigenvalue weighted by molar-refractivity contribution is -0.384. The highest BCUT2D eigenvalue weighted by Crippen LogP contribution is 2.24. The number of nitro groups is 1. The lowest BCUT2D eigenvalue weighted by Gasteiger charge is -2.17. The minimum Gasteiger partial charge on any atom is -0.449 e. The summed E-state index contributed by atoms with van der Waals surface area (Å²) in [6, 6.07) is 10.8. The third-order valence-corrected chi connectivity index (χ3v) is 3.96. The van der Waals surface area contributed by atoms with Gasteiger partial charge >= 0.3 is 5.97 Å². The maximum atomic E-state index is 12.4. The number of hydrogen-bond acceptors (Lipinski definition) is 6. The summed E-state index contributed by atoms with van der Waals surface area (Å²) < 4.78 is 5.15. The van der Waals surface area contributed by atoms with E-state index in [0.717, 1.165) is 17.7 Å². The van der Waals surface area contributed by atoms with Gasteiger partial charge in [0, 0.05) is 17.8 Å². The summed E-state index contributed by atoms with van der Waals surface area (Å²) in [5.74, 6) is -1.11. The Balaban J connectivity index is 2.08. The number of carbonyl (C=O) groups is 2. The third-order valence-electron chi connectivity index (χ3n) is 3.96. The smallest absolute Gasteiger partial charge is 0.341 e. The summed E-state index contributed by atoms with van der Waals surface area (Å²) in [6.07, 6.45) is -1.08. The fraction of sp³-hybridized carbons (Fsp3) is 0.263. The van der Waals surface area contributed by atoms with Crippen molar-refractivity contribution in [2.75, 3.05) is 11.1 Å². The molecular formula is C19H21N3O5. The van der Waals surface area contributed by atoms with Crippen molar-refractivity contribution in [3.63, 3.8) is 0 Å². The highest BCUT2D eigenvalue weighted by molar-refractivity contribution is 6.00. The van der Waals surface area contributed by atoms with Crippen LogP contribution < -0.4 is 11.1 Å². The molecule has 0 aliphatic carbocycles. The number of amides is 1. The second-order valence-corrected chi connectivity index (χ2v) is 6.31. The first-order valence-electron chi connectivity index (χ1n) is 8.35. The van der Waals surface area contributed by atoms with Crippen molar-refractivity contribution in [2.45, 2.75) is 32.8 Å². The van der Waals surface area contributed by atoms with E-state index in [-0.39, 0.29) is 22.9 Å². The van der Waals surface area contributed by atoms with Crippen LogP contribution in [0.3, 0.4) is 0 Å². The average molecular weight is 371 g/mol. The number of nitrogens with one attached hydrogen (secondary N) is 1. The molecular weight excluding hydrogens is 350 g/mol. The van der Waals surface area contributed by atoms with Gasteiger partial charge in [-0.05, 0) is 30.5 Å². The fourth-order valence-corrected chi connectivity index (χ4v) is 2.48. The van der Waals surface area contributed by atoms with Crippen LogP contribution in [-0.2, 0) is 9.53 Å². The lowest BCUT2D eigenvalue weighted by Crippen LogP contribution is -2.30. The van der Waals surface area contributed by atoms with Gasteiger partial charge in [-0.15, -0.1) is 0 Å². The highest BCUT2D eigenvalue weighted by atomic mass is 16.6. The SMILES string of the molecule is CC(C)c1ccccc1NC(=O)[C@H](C)OC(=O)c1ccc([N+](=O)[O-])cc1N. The topological polar surface area (TPSA) is 125 Å². The molecule has 1 atom stereocenters. The first-order chi connectivity index (χ1) is 12.7. The Labute approximate surface area is 156 Å². The Morgan fingerprint density at radius 3 is 2.41 bits per heavy atom. The van der Waals surface area contributed by atoms with Crippen molar-refractivity contribution in [1.82, 2.24) is 0 Å². The van der Waals surface area contributed by atoms with E-state index in [4.69, 9.17) is 10.5 Å². The van der Waals surface area contributed by atoms with Crippen LogP contribution in [0.4, 0.5) is 17.1 Å². The quantitative estimate of drug-likeness (QED) is 0.347. The Morgan fingerprint density at radius 2 is 1.81 bits per heavy atom. The maximum Gasteiger partial charge on any atom is 0.341 e. The van der Waals surface area contributed by atoms with Crippen LogP contribution in [-0.4, -0.2) is 22.9 Å². The van der Waals surface area contributed by atoms with Gasteiger partial charge in [0.1, 0.15) is 0 Å². The number of carbonyl (C=O) groups excluding carboxylic acids is 2. The molecule has 8 nitrogen and oxygen atoms in total. The maximum absolute atomic E-state index is 12.4. The molecule has 0 aromatic heterocycles. The molecule has 8 heteroatoms. The molecule has 0 radical (unpaired) electrons. The number of nitro benzene ring substituents is 1. The zero-order chi connectivity index (χ0) is 20.1. The monoisotopic (exact) mass is 371 g/mol. The number of esters is 1. The number of ether oxygens (including phenoxy) is 1. The van der Waals surface area contributed by atoms with Crippen molar-refractivity contribution in [1.29, 1.82) is 0 Å². The van der Waals surface area contributed by atoms with E-state index >= 15 is 0 Å². The highest BCUT2D eigenvalue weighted by Gasteiger charge is 2.22. The van der Waals surface area contributed by atoms with Gasteiger partial charge in [-0.1, -0.05) is 32.0 Å². The molecule has 3 N–H and O–H groups in total. The van der Waals surface area contributed by atoms with Gasteiger partial charge in [0.15, 0.2) is 6.10 Å². The number of benzene rings is 2. The fourth-order valence-electron chi connectivity index (χ4n) is 2.48. The van der Waals surface area contributed by atoms with Gasteiger partial charge in [-0.3, -0.25) is 14.9 Å². The Hall–Kier alpha value is -3.42. The van der Waals surface area contributed by atoms with Gasteiger partial charge < -0.3 is 15.8 Å². The van der Waals surface area contributed by atoms with E-state index in [9.17, 15) is 19.7 Å². The summed E-state index contributed by atoms with van der Waals surface area (Å²) in [5, 5.41) is 13.5. The Bertz CT molecular complexity index is 879. The van der Waals surface area contributed by atoms with Gasteiger partial charge in [-0.2, -0.15) is 0 Å². The number of anilines is 2. The van der Waals surface area contributed by atoms with Gasteiger partial charge in [0.2, 0.25) is 0 Å². The Morgan fingerprint density at radius 1 is 1.15 bits per heavy atom. The molecule has 2 aromatic carbocycles. The molecule has 0 fully saturated rings. The molecule has 0 spiro atoms. The van der Waals surface area contributed by atoms with Crippen LogP contribution >= 0.6 is 0 Å². The molecule has 0 unspecified atom stereocenters. The lowest BCUT2D eigenvalue weighted by atomic mass is 10.0. The van der Waals surface area contributed by atoms with Crippen LogP contribution in [0.5, 0.6) is 0 Å². The molecule has 1 amide bonds. The normalized spacial score (nSPS) is 11.7. The minimum absolute atomic E-state index is 0.0390. The summed E-state index contributed by atoms with van der Waals surface area (Å²) in [7, 11) is 0. The van der Waals surface area contributed by atoms with Crippen LogP contribution in [0.2, 0.25) is 0 Å². The molecule has 2 aromatic rings. The van der Waals surface area contributed by atoms with Crippen molar-refractivity contribution in [3.8, 4) is 0 Å². The van der Waals surface area contributed by atoms with Crippen LogP contribution in [0, 0.1) is 10.1 Å². The first-order valence-corrected chi connectivity index (χ1v) is 8.35. The van der Waals surface area contributed by atoms with Crippen molar-refractivity contribution < 1.29 is 19.2 Å². The summed E-state index contributed by atoms with van der Waals surface area (Å²) in [4.78, 5) is 34.7. The third kappa shape index (κ3) is 4.81. The van der Waals surface area contributed by atoms with Crippen molar-refractivity contribution in [3.05, 3.63) is 63.7 Å². The summed E-state index contributed by atoms with van der Waals surface area (Å²) >= 11 is 0. The number of nitrogen functional groups attached to an aromatic ring is 1. The summed E-state index contributed by atoms with van der Waals surface area (Å²) in [6.45, 7) is 5.45. The second-order valence-electron chi connectivity index (χ2n) is 6.31. The molecule has 0 saturated carbocycles. The molecule has 27 heavy (non-hydrogen) atoms. The molecule has 0 aliphatic heterocycles. The van der Waals surface area contributed by atoms with E-state index in [1.165, 1.54) is 13.0 Å². The van der Waals surface area contributed by atoms with E-state index in [0.29, 0.717) is 5.69 Å². The van der Waals surface area contributed by atoms with Gasteiger partial charge in [-0.25, -0.2) is 4.79 Å². The molecule has 0 saturated heterocycles. The predicted molar refractivity (Wildman–Crippen MR) is 102 cm³/mol. The van der Waals surface area contributed by atoms with Crippen LogP contribution in [0.25, 0.3) is 0 Å².